The number of nitrogen functional groups attached to an aromatic ring is 1. The maximum absolute atomic E-state index is 12.0. The minimum atomic E-state index is -3.62. The molecule has 17 heavy (non-hydrogen) atoms. The summed E-state index contributed by atoms with van der Waals surface area (Å²) in [6.07, 6.45) is 0.366. The van der Waals surface area contributed by atoms with E-state index in [1.165, 1.54) is 6.07 Å². The van der Waals surface area contributed by atoms with Gasteiger partial charge in [0.15, 0.2) is 0 Å². The van der Waals surface area contributed by atoms with Gasteiger partial charge in [0.1, 0.15) is 4.90 Å². The maximum Gasteiger partial charge on any atom is 0.242 e. The van der Waals surface area contributed by atoms with E-state index >= 15 is 0 Å². The molecule has 0 aliphatic carbocycles. The first-order valence-corrected chi connectivity index (χ1v) is 6.84. The van der Waals surface area contributed by atoms with E-state index in [-0.39, 0.29) is 23.2 Å². The number of hydrogen-bond acceptors (Lipinski definition) is 4. The van der Waals surface area contributed by atoms with E-state index in [2.05, 4.69) is 4.72 Å². The number of rotatable bonds is 5. The Hall–Kier alpha value is -1.11. The lowest BCUT2D eigenvalue weighted by atomic mass is 10.2. The van der Waals surface area contributed by atoms with Crippen molar-refractivity contribution in [3.05, 3.63) is 23.8 Å². The Kier molecular flexibility index (Phi) is 4.50. The lowest BCUT2D eigenvalue weighted by molar-refractivity contribution is 0.275. The molecule has 1 unspecified atom stereocenters. The van der Waals surface area contributed by atoms with Gasteiger partial charge in [0.25, 0.3) is 0 Å². The minimum absolute atomic E-state index is 0.0624. The summed E-state index contributed by atoms with van der Waals surface area (Å²) in [5, 5.41) is 8.74. The standard InChI is InChI=1S/C11H18N2O3S/c1-8-3-4-11(10(12)7-8)17(15,16)13-9(2)5-6-14/h3-4,7,9,13-14H,5-6,12H2,1-2H3. The number of nitrogens with two attached hydrogens (primary N) is 1. The molecule has 0 heterocycles. The predicted octanol–water partition coefficient (Wildman–Crippen LogP) is 0.626. The van der Waals surface area contributed by atoms with Crippen LogP contribution in [-0.4, -0.2) is 26.2 Å². The molecule has 0 fully saturated rings. The summed E-state index contributed by atoms with van der Waals surface area (Å²) in [4.78, 5) is 0.0767. The predicted molar refractivity (Wildman–Crippen MR) is 67.1 cm³/mol. The largest absolute Gasteiger partial charge is 0.398 e. The van der Waals surface area contributed by atoms with Crippen molar-refractivity contribution in [2.24, 2.45) is 0 Å². The van der Waals surface area contributed by atoms with Crippen molar-refractivity contribution in [3.8, 4) is 0 Å². The Morgan fingerprint density at radius 1 is 1.47 bits per heavy atom. The van der Waals surface area contributed by atoms with Crippen molar-refractivity contribution in [2.45, 2.75) is 31.2 Å². The molecule has 4 N–H and O–H groups in total. The SMILES string of the molecule is Cc1ccc(S(=O)(=O)NC(C)CCO)c(N)c1. The van der Waals surface area contributed by atoms with E-state index < -0.39 is 10.0 Å². The van der Waals surface area contributed by atoms with E-state index in [0.717, 1.165) is 5.56 Å². The van der Waals surface area contributed by atoms with Crippen LogP contribution in [0.4, 0.5) is 5.69 Å². The highest BCUT2D eigenvalue weighted by atomic mass is 32.2. The summed E-state index contributed by atoms with van der Waals surface area (Å²) in [7, 11) is -3.62. The molecule has 5 nitrogen and oxygen atoms in total. The first kappa shape index (κ1) is 14.0. The molecule has 1 atom stereocenters. The summed E-state index contributed by atoms with van der Waals surface area (Å²) < 4.78 is 26.4. The highest BCUT2D eigenvalue weighted by molar-refractivity contribution is 7.89. The third-order valence-corrected chi connectivity index (χ3v) is 4.04. The molecular formula is C11H18N2O3S. The van der Waals surface area contributed by atoms with Crippen LogP contribution in [0.2, 0.25) is 0 Å². The minimum Gasteiger partial charge on any atom is -0.398 e. The average Bonchev–Trinajstić information content (AvgIpc) is 2.15. The summed E-state index contributed by atoms with van der Waals surface area (Å²) in [6, 6.07) is 4.47. The Labute approximate surface area is 102 Å². The third kappa shape index (κ3) is 3.69. The molecule has 1 rings (SSSR count). The topological polar surface area (TPSA) is 92.4 Å². The number of aliphatic hydroxyl groups is 1. The number of aliphatic hydroxyl groups excluding tert-OH is 1. The molecule has 1 aromatic carbocycles. The highest BCUT2D eigenvalue weighted by Crippen LogP contribution is 2.19. The van der Waals surface area contributed by atoms with Crippen molar-refractivity contribution in [1.29, 1.82) is 0 Å². The zero-order valence-corrected chi connectivity index (χ0v) is 10.8. The fraction of sp³-hybridized carbons (Fsp3) is 0.455. The Morgan fingerprint density at radius 3 is 2.65 bits per heavy atom. The Bertz CT molecular complexity index is 485. The second-order valence-corrected chi connectivity index (χ2v) is 5.76. The van der Waals surface area contributed by atoms with Crippen molar-refractivity contribution < 1.29 is 13.5 Å². The van der Waals surface area contributed by atoms with Gasteiger partial charge in [-0.15, -0.1) is 0 Å². The van der Waals surface area contributed by atoms with Gasteiger partial charge >= 0.3 is 0 Å². The molecule has 0 aliphatic rings. The number of nitrogens with one attached hydrogen (secondary N) is 1. The van der Waals surface area contributed by atoms with Crippen LogP contribution in [0.5, 0.6) is 0 Å². The Balaban J connectivity index is 2.97. The van der Waals surface area contributed by atoms with Gasteiger partial charge < -0.3 is 10.8 Å². The van der Waals surface area contributed by atoms with Crippen LogP contribution in [0.25, 0.3) is 0 Å². The van der Waals surface area contributed by atoms with Crippen molar-refractivity contribution in [1.82, 2.24) is 4.72 Å². The summed E-state index contributed by atoms with van der Waals surface area (Å²) in [5.41, 5.74) is 6.83. The Morgan fingerprint density at radius 2 is 2.12 bits per heavy atom. The number of benzene rings is 1. The monoisotopic (exact) mass is 258 g/mol. The van der Waals surface area contributed by atoms with E-state index in [1.54, 1.807) is 19.1 Å². The molecule has 0 amide bonds. The zero-order valence-electron chi connectivity index (χ0n) is 9.97. The van der Waals surface area contributed by atoms with E-state index in [1.807, 2.05) is 6.92 Å². The summed E-state index contributed by atoms with van der Waals surface area (Å²) >= 11 is 0. The van der Waals surface area contributed by atoms with Crippen molar-refractivity contribution >= 4 is 15.7 Å². The van der Waals surface area contributed by atoms with Gasteiger partial charge in [-0.25, -0.2) is 13.1 Å². The van der Waals surface area contributed by atoms with Crippen LogP contribution < -0.4 is 10.5 Å². The average molecular weight is 258 g/mol. The quantitative estimate of drug-likeness (QED) is 0.675. The zero-order chi connectivity index (χ0) is 13.1. The van der Waals surface area contributed by atoms with Gasteiger partial charge in [-0.3, -0.25) is 0 Å². The molecule has 0 aliphatic heterocycles. The fourth-order valence-corrected chi connectivity index (χ4v) is 2.88. The van der Waals surface area contributed by atoms with Crippen LogP contribution in [-0.2, 0) is 10.0 Å². The van der Waals surface area contributed by atoms with E-state index in [0.29, 0.717) is 6.42 Å². The number of sulfonamides is 1. The van der Waals surface area contributed by atoms with Crippen LogP contribution >= 0.6 is 0 Å². The van der Waals surface area contributed by atoms with Crippen LogP contribution in [0.15, 0.2) is 23.1 Å². The van der Waals surface area contributed by atoms with E-state index in [9.17, 15) is 8.42 Å². The van der Waals surface area contributed by atoms with Gasteiger partial charge in [-0.05, 0) is 38.0 Å². The number of aryl methyl sites for hydroxylation is 1. The maximum atomic E-state index is 12.0. The van der Waals surface area contributed by atoms with Gasteiger partial charge in [-0.1, -0.05) is 6.07 Å². The first-order chi connectivity index (χ1) is 7.86. The summed E-state index contributed by atoms with van der Waals surface area (Å²) in [6.45, 7) is 3.47. The molecule has 0 saturated heterocycles. The normalized spacial score (nSPS) is 13.6. The van der Waals surface area contributed by atoms with Gasteiger partial charge in [0.2, 0.25) is 10.0 Å². The van der Waals surface area contributed by atoms with Gasteiger partial charge in [0, 0.05) is 12.6 Å². The first-order valence-electron chi connectivity index (χ1n) is 5.36. The number of anilines is 1. The number of hydrogen-bond donors (Lipinski definition) is 3. The van der Waals surface area contributed by atoms with Gasteiger partial charge in [0.05, 0.1) is 5.69 Å². The summed E-state index contributed by atoms with van der Waals surface area (Å²) in [5.74, 6) is 0. The molecule has 1 aromatic rings. The lowest BCUT2D eigenvalue weighted by Gasteiger charge is -2.14. The van der Waals surface area contributed by atoms with Crippen molar-refractivity contribution in [2.75, 3.05) is 12.3 Å². The molecular weight excluding hydrogens is 240 g/mol. The third-order valence-electron chi connectivity index (χ3n) is 2.37. The van der Waals surface area contributed by atoms with Gasteiger partial charge in [-0.2, -0.15) is 0 Å². The molecule has 0 bridgehead atoms. The molecule has 0 aromatic heterocycles. The van der Waals surface area contributed by atoms with Crippen LogP contribution in [0, 0.1) is 6.92 Å². The van der Waals surface area contributed by atoms with Crippen molar-refractivity contribution in [3.63, 3.8) is 0 Å². The van der Waals surface area contributed by atoms with Crippen LogP contribution in [0.3, 0.4) is 0 Å². The smallest absolute Gasteiger partial charge is 0.242 e. The second kappa shape index (κ2) is 5.48. The molecule has 0 saturated carbocycles. The molecule has 6 heteroatoms. The molecule has 0 radical (unpaired) electrons. The molecule has 0 spiro atoms. The lowest BCUT2D eigenvalue weighted by Crippen LogP contribution is -2.33. The fourth-order valence-electron chi connectivity index (χ4n) is 1.49. The second-order valence-electron chi connectivity index (χ2n) is 4.08. The van der Waals surface area contributed by atoms with E-state index in [4.69, 9.17) is 10.8 Å². The van der Waals surface area contributed by atoms with Crippen LogP contribution in [0.1, 0.15) is 18.9 Å². The highest BCUT2D eigenvalue weighted by Gasteiger charge is 2.19. The molecule has 96 valence electrons.